The van der Waals surface area contributed by atoms with Crippen LogP contribution in [-0.4, -0.2) is 21.4 Å². The highest BCUT2D eigenvalue weighted by Gasteiger charge is 2.36. The molecule has 4 aromatic rings. The van der Waals surface area contributed by atoms with E-state index in [1.54, 1.807) is 17.5 Å². The molecule has 0 saturated carbocycles. The Balaban J connectivity index is 1.75. The highest BCUT2D eigenvalue weighted by atomic mass is 32.1. The van der Waals surface area contributed by atoms with Crippen LogP contribution in [0.25, 0.3) is 0 Å². The van der Waals surface area contributed by atoms with Gasteiger partial charge in [-0.3, -0.25) is 14.5 Å². The van der Waals surface area contributed by atoms with E-state index in [-0.39, 0.29) is 11.6 Å². The fraction of sp³-hybridized carbons (Fsp3) is 0.167. The summed E-state index contributed by atoms with van der Waals surface area (Å²) < 4.78 is 9.42. The van der Waals surface area contributed by atoms with Gasteiger partial charge in [0.1, 0.15) is 5.76 Å². The normalized spacial score (nSPS) is 11.7. The van der Waals surface area contributed by atoms with Crippen LogP contribution in [0.4, 0.5) is 5.69 Å². The fourth-order valence-electron chi connectivity index (χ4n) is 3.34. The summed E-state index contributed by atoms with van der Waals surface area (Å²) in [5.41, 5.74) is 3.77. The van der Waals surface area contributed by atoms with Crippen molar-refractivity contribution < 1.29 is 14.0 Å². The molecule has 0 aliphatic heterocycles. The third kappa shape index (κ3) is 4.60. The molecule has 0 aliphatic rings. The number of carbonyl (C=O) groups excluding carboxylic acids is 2. The van der Waals surface area contributed by atoms with Crippen molar-refractivity contribution in [3.63, 3.8) is 0 Å². The second-order valence-electron chi connectivity index (χ2n) is 7.36. The van der Waals surface area contributed by atoms with Crippen LogP contribution in [0.15, 0.2) is 76.7 Å². The number of nitrogens with one attached hydrogen (secondary N) is 1. The summed E-state index contributed by atoms with van der Waals surface area (Å²) >= 11 is 1.08. The van der Waals surface area contributed by atoms with Crippen LogP contribution >= 0.6 is 11.5 Å². The van der Waals surface area contributed by atoms with Gasteiger partial charge in [-0.2, -0.15) is 0 Å². The quantitative estimate of drug-likeness (QED) is 0.453. The number of hydrogen-bond donors (Lipinski definition) is 1. The first-order chi connectivity index (χ1) is 15.5. The SMILES string of the molecule is Cc1ccc(N(C(=O)c2csnn2)C(C(=O)NCc2ccccc2)c2ccco2)cc1C. The van der Waals surface area contributed by atoms with E-state index >= 15 is 0 Å². The lowest BCUT2D eigenvalue weighted by molar-refractivity contribution is -0.123. The van der Waals surface area contributed by atoms with E-state index in [9.17, 15) is 9.59 Å². The van der Waals surface area contributed by atoms with Crippen molar-refractivity contribution in [1.82, 2.24) is 14.9 Å². The highest BCUT2D eigenvalue weighted by molar-refractivity contribution is 7.03. The second kappa shape index (κ2) is 9.57. The minimum absolute atomic E-state index is 0.167. The largest absolute Gasteiger partial charge is 0.467 e. The molecule has 1 N–H and O–H groups in total. The van der Waals surface area contributed by atoms with Gasteiger partial charge in [0.2, 0.25) is 0 Å². The Kier molecular flexibility index (Phi) is 6.42. The number of benzene rings is 2. The van der Waals surface area contributed by atoms with Crippen molar-refractivity contribution in [1.29, 1.82) is 0 Å². The summed E-state index contributed by atoms with van der Waals surface area (Å²) in [6.45, 7) is 4.28. The fourth-order valence-corrected chi connectivity index (χ4v) is 3.77. The van der Waals surface area contributed by atoms with Crippen molar-refractivity contribution in [2.24, 2.45) is 0 Å². The molecule has 162 valence electrons. The molecule has 4 rings (SSSR count). The first-order valence-corrected chi connectivity index (χ1v) is 10.9. The minimum Gasteiger partial charge on any atom is -0.467 e. The zero-order valence-corrected chi connectivity index (χ0v) is 18.5. The molecule has 1 unspecified atom stereocenters. The third-order valence-electron chi connectivity index (χ3n) is 5.20. The maximum atomic E-state index is 13.5. The summed E-state index contributed by atoms with van der Waals surface area (Å²) in [5.74, 6) is -0.442. The van der Waals surface area contributed by atoms with Gasteiger partial charge in [0.15, 0.2) is 11.7 Å². The Morgan fingerprint density at radius 3 is 2.53 bits per heavy atom. The smallest absolute Gasteiger partial charge is 0.280 e. The highest BCUT2D eigenvalue weighted by Crippen LogP contribution is 2.31. The van der Waals surface area contributed by atoms with E-state index in [2.05, 4.69) is 14.9 Å². The van der Waals surface area contributed by atoms with Crippen molar-refractivity contribution >= 4 is 29.0 Å². The summed E-state index contributed by atoms with van der Waals surface area (Å²) in [6, 6.07) is 17.6. The molecule has 2 heterocycles. The molecule has 2 aromatic carbocycles. The summed E-state index contributed by atoms with van der Waals surface area (Å²) in [6.07, 6.45) is 1.49. The van der Waals surface area contributed by atoms with Gasteiger partial charge in [-0.15, -0.1) is 5.10 Å². The first kappa shape index (κ1) is 21.5. The molecular formula is C24H22N4O3S. The average molecular weight is 447 g/mol. The lowest BCUT2D eigenvalue weighted by Gasteiger charge is -2.29. The van der Waals surface area contributed by atoms with Crippen molar-refractivity contribution in [3.05, 3.63) is 100 Å². The maximum Gasteiger partial charge on any atom is 0.280 e. The Bertz CT molecular complexity index is 1190. The van der Waals surface area contributed by atoms with Gasteiger partial charge in [-0.05, 0) is 66.3 Å². The van der Waals surface area contributed by atoms with Gasteiger partial charge < -0.3 is 9.73 Å². The topological polar surface area (TPSA) is 88.3 Å². The monoisotopic (exact) mass is 446 g/mol. The van der Waals surface area contributed by atoms with E-state index in [1.165, 1.54) is 11.2 Å². The molecule has 0 bridgehead atoms. The van der Waals surface area contributed by atoms with E-state index in [4.69, 9.17) is 4.42 Å². The van der Waals surface area contributed by atoms with Crippen molar-refractivity contribution in [2.75, 3.05) is 4.90 Å². The molecule has 1 atom stereocenters. The predicted molar refractivity (Wildman–Crippen MR) is 122 cm³/mol. The lowest BCUT2D eigenvalue weighted by atomic mass is 10.1. The van der Waals surface area contributed by atoms with Gasteiger partial charge in [0.05, 0.1) is 6.26 Å². The molecule has 0 aliphatic carbocycles. The Labute approximate surface area is 189 Å². The van der Waals surface area contributed by atoms with Gasteiger partial charge in [0.25, 0.3) is 11.8 Å². The zero-order chi connectivity index (χ0) is 22.5. The molecule has 0 saturated heterocycles. The average Bonchev–Trinajstić information content (AvgIpc) is 3.53. The van der Waals surface area contributed by atoms with E-state index < -0.39 is 11.9 Å². The predicted octanol–water partition coefficient (Wildman–Crippen LogP) is 4.45. The number of furan rings is 1. The van der Waals surface area contributed by atoms with Crippen LogP contribution in [0.5, 0.6) is 0 Å². The first-order valence-electron chi connectivity index (χ1n) is 10.1. The van der Waals surface area contributed by atoms with Crippen LogP contribution in [0.3, 0.4) is 0 Å². The Hall–Kier alpha value is -3.78. The number of carbonyl (C=O) groups is 2. The Morgan fingerprint density at radius 1 is 1.06 bits per heavy atom. The number of aryl methyl sites for hydroxylation is 2. The number of aromatic nitrogens is 2. The zero-order valence-electron chi connectivity index (χ0n) is 17.7. The molecule has 0 fully saturated rings. The summed E-state index contributed by atoms with van der Waals surface area (Å²) in [7, 11) is 0. The van der Waals surface area contributed by atoms with Crippen LogP contribution in [-0.2, 0) is 11.3 Å². The number of rotatable bonds is 7. The van der Waals surface area contributed by atoms with Gasteiger partial charge in [-0.1, -0.05) is 40.9 Å². The van der Waals surface area contributed by atoms with Gasteiger partial charge >= 0.3 is 0 Å². The van der Waals surface area contributed by atoms with E-state index in [1.807, 2.05) is 62.4 Å². The number of hydrogen-bond acceptors (Lipinski definition) is 6. The number of nitrogens with zero attached hydrogens (tertiary/aromatic N) is 3. The van der Waals surface area contributed by atoms with E-state index in [0.29, 0.717) is 18.0 Å². The van der Waals surface area contributed by atoms with Crippen molar-refractivity contribution in [2.45, 2.75) is 26.4 Å². The van der Waals surface area contributed by atoms with Crippen LogP contribution < -0.4 is 10.2 Å². The molecule has 7 nitrogen and oxygen atoms in total. The second-order valence-corrected chi connectivity index (χ2v) is 7.97. The van der Waals surface area contributed by atoms with Crippen LogP contribution in [0.1, 0.15) is 39.0 Å². The van der Waals surface area contributed by atoms with Crippen LogP contribution in [0.2, 0.25) is 0 Å². The van der Waals surface area contributed by atoms with Crippen LogP contribution in [0, 0.1) is 13.8 Å². The molecule has 0 radical (unpaired) electrons. The molecular weight excluding hydrogens is 424 g/mol. The molecule has 0 spiro atoms. The number of amides is 2. The summed E-state index contributed by atoms with van der Waals surface area (Å²) in [5, 5.41) is 8.44. The lowest BCUT2D eigenvalue weighted by Crippen LogP contribution is -2.44. The maximum absolute atomic E-state index is 13.5. The van der Waals surface area contributed by atoms with E-state index in [0.717, 1.165) is 28.2 Å². The molecule has 8 heteroatoms. The third-order valence-corrected chi connectivity index (χ3v) is 5.70. The minimum atomic E-state index is -1.02. The van der Waals surface area contributed by atoms with Crippen molar-refractivity contribution in [3.8, 4) is 0 Å². The Morgan fingerprint density at radius 2 is 1.88 bits per heavy atom. The van der Waals surface area contributed by atoms with Gasteiger partial charge in [-0.25, -0.2) is 0 Å². The standard InChI is InChI=1S/C24H22N4O3S/c1-16-10-11-19(13-17(16)2)28(24(30)20-15-32-27-26-20)22(21-9-6-12-31-21)23(29)25-14-18-7-4-3-5-8-18/h3-13,15,22H,14H2,1-2H3,(H,25,29). The molecule has 2 amide bonds. The van der Waals surface area contributed by atoms with Gasteiger partial charge in [0, 0.05) is 17.6 Å². The molecule has 32 heavy (non-hydrogen) atoms. The molecule has 2 aromatic heterocycles. The number of anilines is 1. The summed E-state index contributed by atoms with van der Waals surface area (Å²) in [4.78, 5) is 28.4.